The molecule has 1 N–H and O–H groups in total. The first-order chi connectivity index (χ1) is 12.6. The maximum atomic E-state index is 13.0. The van der Waals surface area contributed by atoms with Crippen molar-refractivity contribution in [3.05, 3.63) is 41.4 Å². The summed E-state index contributed by atoms with van der Waals surface area (Å²) in [5.41, 5.74) is 0. The van der Waals surface area contributed by atoms with Crippen molar-refractivity contribution in [3.8, 4) is 0 Å². The first kappa shape index (κ1) is 19.6. The Labute approximate surface area is 162 Å². The fraction of sp³-hybridized carbons (Fsp3) is 0.333. The number of rotatable bonds is 5. The van der Waals surface area contributed by atoms with Crippen LogP contribution in [0.2, 0.25) is 5.02 Å². The minimum Gasteiger partial charge on any atom is -0.480 e. The van der Waals surface area contributed by atoms with Crippen LogP contribution in [0.15, 0.2) is 41.3 Å². The number of carbonyl (C=O) groups is 2. The predicted molar refractivity (Wildman–Crippen MR) is 101 cm³/mol. The zero-order valence-corrected chi connectivity index (χ0v) is 16.4. The Bertz CT molecular complexity index is 1020. The van der Waals surface area contributed by atoms with E-state index in [1.54, 1.807) is 24.3 Å². The Balaban J connectivity index is 1.90. The molecule has 2 atom stereocenters. The SMILES string of the molecule is C[C@@H](C(=O)O)N1CC[C@@H](N(C)S(=O)(=O)c2ccc3cc(Cl)ccc3c2)C1=O. The number of benzene rings is 2. The number of sulfonamides is 1. The first-order valence-corrected chi connectivity index (χ1v) is 10.2. The fourth-order valence-corrected chi connectivity index (χ4v) is 4.79. The van der Waals surface area contributed by atoms with Crippen LogP contribution in [0.3, 0.4) is 0 Å². The van der Waals surface area contributed by atoms with Gasteiger partial charge in [0.15, 0.2) is 0 Å². The second kappa shape index (κ2) is 7.10. The van der Waals surface area contributed by atoms with Gasteiger partial charge in [-0.1, -0.05) is 23.7 Å². The zero-order valence-electron chi connectivity index (χ0n) is 14.8. The third-order valence-electron chi connectivity index (χ3n) is 4.93. The fourth-order valence-electron chi connectivity index (χ4n) is 3.23. The van der Waals surface area contributed by atoms with Crippen molar-refractivity contribution in [1.29, 1.82) is 0 Å². The Morgan fingerprint density at radius 1 is 1.26 bits per heavy atom. The molecule has 0 radical (unpaired) electrons. The maximum Gasteiger partial charge on any atom is 0.326 e. The van der Waals surface area contributed by atoms with E-state index in [9.17, 15) is 18.0 Å². The quantitative estimate of drug-likeness (QED) is 0.815. The monoisotopic (exact) mass is 410 g/mol. The minimum absolute atomic E-state index is 0.0670. The lowest BCUT2D eigenvalue weighted by molar-refractivity contribution is -0.148. The van der Waals surface area contributed by atoms with Crippen molar-refractivity contribution >= 4 is 44.3 Å². The Morgan fingerprint density at radius 3 is 2.56 bits per heavy atom. The molecule has 0 spiro atoms. The smallest absolute Gasteiger partial charge is 0.326 e. The number of carboxylic acids is 1. The highest BCUT2D eigenvalue weighted by Crippen LogP contribution is 2.27. The summed E-state index contributed by atoms with van der Waals surface area (Å²) in [4.78, 5) is 25.0. The van der Waals surface area contributed by atoms with Gasteiger partial charge in [-0.2, -0.15) is 4.31 Å². The van der Waals surface area contributed by atoms with Crippen molar-refractivity contribution in [2.45, 2.75) is 30.3 Å². The lowest BCUT2D eigenvalue weighted by atomic mass is 10.1. The number of fused-ring (bicyclic) bond motifs is 1. The molecule has 7 nitrogen and oxygen atoms in total. The summed E-state index contributed by atoms with van der Waals surface area (Å²) in [7, 11) is -2.57. The average molecular weight is 411 g/mol. The largest absolute Gasteiger partial charge is 0.480 e. The van der Waals surface area contributed by atoms with Crippen LogP contribution in [0, 0.1) is 0 Å². The first-order valence-electron chi connectivity index (χ1n) is 8.33. The van der Waals surface area contributed by atoms with Gasteiger partial charge in [0.2, 0.25) is 15.9 Å². The average Bonchev–Trinajstić information content (AvgIpc) is 3.00. The molecule has 1 saturated heterocycles. The molecule has 1 fully saturated rings. The van der Waals surface area contributed by atoms with E-state index < -0.39 is 34.0 Å². The zero-order chi connectivity index (χ0) is 19.9. The number of halogens is 1. The summed E-state index contributed by atoms with van der Waals surface area (Å²) in [6, 6.07) is 7.90. The molecule has 9 heteroatoms. The van der Waals surface area contributed by atoms with Crippen LogP contribution >= 0.6 is 11.6 Å². The van der Waals surface area contributed by atoms with Gasteiger partial charge in [0.25, 0.3) is 0 Å². The van der Waals surface area contributed by atoms with E-state index in [0.717, 1.165) is 9.69 Å². The molecule has 27 heavy (non-hydrogen) atoms. The van der Waals surface area contributed by atoms with Crippen LogP contribution in [0.5, 0.6) is 0 Å². The molecule has 3 rings (SSSR count). The van der Waals surface area contributed by atoms with Crippen LogP contribution < -0.4 is 0 Å². The van der Waals surface area contributed by atoms with Gasteiger partial charge in [-0.25, -0.2) is 13.2 Å². The van der Waals surface area contributed by atoms with Crippen LogP contribution in [0.25, 0.3) is 10.8 Å². The molecular formula is C18H19ClN2O5S. The van der Waals surface area contributed by atoms with Gasteiger partial charge < -0.3 is 10.0 Å². The minimum atomic E-state index is -3.92. The van der Waals surface area contributed by atoms with E-state index in [-0.39, 0.29) is 17.9 Å². The molecule has 1 aliphatic rings. The molecule has 2 aromatic rings. The molecule has 1 aliphatic heterocycles. The number of hydrogen-bond donors (Lipinski definition) is 1. The molecule has 144 valence electrons. The Hall–Kier alpha value is -2.16. The Kier molecular flexibility index (Phi) is 5.16. The summed E-state index contributed by atoms with van der Waals surface area (Å²) in [6.07, 6.45) is 0.245. The van der Waals surface area contributed by atoms with E-state index in [1.165, 1.54) is 31.0 Å². The summed E-state index contributed by atoms with van der Waals surface area (Å²) in [5.74, 6) is -1.62. The summed E-state index contributed by atoms with van der Waals surface area (Å²) < 4.78 is 27.0. The van der Waals surface area contributed by atoms with Gasteiger partial charge in [0.05, 0.1) is 4.90 Å². The normalized spacial score (nSPS) is 19.0. The van der Waals surface area contributed by atoms with E-state index in [1.807, 2.05) is 0 Å². The Morgan fingerprint density at radius 2 is 1.89 bits per heavy atom. The molecule has 0 saturated carbocycles. The van der Waals surface area contributed by atoms with Crippen LogP contribution in [-0.4, -0.2) is 60.3 Å². The number of aliphatic carboxylic acids is 1. The number of likely N-dealkylation sites (tertiary alicyclic amines) is 1. The highest BCUT2D eigenvalue weighted by molar-refractivity contribution is 7.89. The molecule has 0 aromatic heterocycles. The summed E-state index contributed by atoms with van der Waals surface area (Å²) in [6.45, 7) is 1.61. The van der Waals surface area contributed by atoms with Crippen molar-refractivity contribution in [2.24, 2.45) is 0 Å². The molecule has 0 bridgehead atoms. The number of nitrogens with zero attached hydrogens (tertiary/aromatic N) is 2. The van der Waals surface area contributed by atoms with Crippen LogP contribution in [-0.2, 0) is 19.6 Å². The standard InChI is InChI=1S/C18H19ClN2O5S/c1-11(18(23)24)21-8-7-16(17(21)22)20(2)27(25,26)15-6-4-12-9-14(19)5-3-13(12)10-15/h3-6,9-11,16H,7-8H2,1-2H3,(H,23,24)/t11-,16+/m0/s1. The van der Waals surface area contributed by atoms with Crippen LogP contribution in [0.4, 0.5) is 0 Å². The van der Waals surface area contributed by atoms with E-state index in [4.69, 9.17) is 16.7 Å². The van der Waals surface area contributed by atoms with Gasteiger partial charge in [0.1, 0.15) is 12.1 Å². The lowest BCUT2D eigenvalue weighted by Crippen LogP contribution is -2.46. The second-order valence-corrected chi connectivity index (χ2v) is 8.96. The van der Waals surface area contributed by atoms with E-state index >= 15 is 0 Å². The van der Waals surface area contributed by atoms with E-state index in [2.05, 4.69) is 0 Å². The number of amides is 1. The summed E-state index contributed by atoms with van der Waals surface area (Å²) >= 11 is 5.95. The number of hydrogen-bond acceptors (Lipinski definition) is 4. The number of carboxylic acid groups (broad SMARTS) is 1. The maximum absolute atomic E-state index is 13.0. The molecule has 1 heterocycles. The molecule has 2 aromatic carbocycles. The van der Waals surface area contributed by atoms with Crippen LogP contribution in [0.1, 0.15) is 13.3 Å². The van der Waals surface area contributed by atoms with Crippen molar-refractivity contribution in [2.75, 3.05) is 13.6 Å². The second-order valence-electron chi connectivity index (χ2n) is 6.52. The summed E-state index contributed by atoms with van der Waals surface area (Å²) in [5, 5.41) is 11.2. The van der Waals surface area contributed by atoms with Crippen molar-refractivity contribution in [1.82, 2.24) is 9.21 Å². The highest BCUT2D eigenvalue weighted by Gasteiger charge is 2.42. The van der Waals surface area contributed by atoms with Gasteiger partial charge in [-0.3, -0.25) is 4.79 Å². The molecule has 0 unspecified atom stereocenters. The topological polar surface area (TPSA) is 95.0 Å². The molecular weight excluding hydrogens is 392 g/mol. The van der Waals surface area contributed by atoms with Gasteiger partial charge in [0, 0.05) is 18.6 Å². The lowest BCUT2D eigenvalue weighted by Gasteiger charge is -2.25. The van der Waals surface area contributed by atoms with E-state index in [0.29, 0.717) is 10.4 Å². The van der Waals surface area contributed by atoms with Crippen molar-refractivity contribution in [3.63, 3.8) is 0 Å². The highest BCUT2D eigenvalue weighted by atomic mass is 35.5. The van der Waals surface area contributed by atoms with Gasteiger partial charge in [-0.15, -0.1) is 0 Å². The van der Waals surface area contributed by atoms with Gasteiger partial charge >= 0.3 is 5.97 Å². The van der Waals surface area contributed by atoms with Crippen molar-refractivity contribution < 1.29 is 23.1 Å². The molecule has 1 amide bonds. The molecule has 0 aliphatic carbocycles. The number of likely N-dealkylation sites (N-methyl/N-ethyl adjacent to an activating group) is 1. The third kappa shape index (κ3) is 3.52. The van der Waals surface area contributed by atoms with Gasteiger partial charge in [-0.05, 0) is 48.4 Å². The third-order valence-corrected chi connectivity index (χ3v) is 7.02. The number of carbonyl (C=O) groups excluding carboxylic acids is 1. The predicted octanol–water partition coefficient (Wildman–Crippen LogP) is 2.19.